The van der Waals surface area contributed by atoms with Gasteiger partial charge in [-0.3, -0.25) is 4.90 Å². The molecule has 1 rings (SSSR count). The molecule has 1 radical (unpaired) electrons. The molecule has 0 aromatic carbocycles. The molecule has 1 atom stereocenters. The first kappa shape index (κ1) is 17.3. The number of ether oxygens (including phenoxy) is 2. The number of nitrogens with zero attached hydrogens (tertiary/aromatic N) is 1. The molecule has 1 aliphatic heterocycles. The zero-order valence-electron chi connectivity index (χ0n) is 13.1. The van der Waals surface area contributed by atoms with E-state index in [0.717, 1.165) is 25.8 Å². The largest absolute Gasteiger partial charge is 0.508 e. The summed E-state index contributed by atoms with van der Waals surface area (Å²) in [7, 11) is 1.98. The molecule has 0 bridgehead atoms. The highest BCUT2D eigenvalue weighted by molar-refractivity contribution is 5.60. The van der Waals surface area contributed by atoms with Crippen molar-refractivity contribution in [2.45, 2.75) is 70.8 Å². The Hall–Kier alpha value is -0.770. The molecule has 0 amide bonds. The molecule has 1 unspecified atom stereocenters. The Morgan fingerprint density at radius 1 is 1.15 bits per heavy atom. The van der Waals surface area contributed by atoms with Gasteiger partial charge in [-0.15, -0.1) is 0 Å². The van der Waals surface area contributed by atoms with Gasteiger partial charge in [0.15, 0.2) is 0 Å². The molecule has 1 aliphatic rings. The van der Waals surface area contributed by atoms with Crippen LogP contribution in [0.25, 0.3) is 0 Å². The van der Waals surface area contributed by atoms with Crippen LogP contribution in [0.2, 0.25) is 0 Å². The van der Waals surface area contributed by atoms with Crippen LogP contribution in [-0.2, 0) is 9.47 Å². The van der Waals surface area contributed by atoms with E-state index < -0.39 is 6.16 Å². The van der Waals surface area contributed by atoms with Crippen LogP contribution in [0.4, 0.5) is 4.79 Å². The third-order valence-electron chi connectivity index (χ3n) is 3.65. The summed E-state index contributed by atoms with van der Waals surface area (Å²) in [5.41, 5.74) is 0. The van der Waals surface area contributed by atoms with E-state index in [9.17, 15) is 4.79 Å². The lowest BCUT2D eigenvalue weighted by Crippen LogP contribution is -2.22. The summed E-state index contributed by atoms with van der Waals surface area (Å²) in [5.74, 6) is 0. The predicted molar refractivity (Wildman–Crippen MR) is 80.4 cm³/mol. The number of hydrogen-bond donors (Lipinski definition) is 0. The lowest BCUT2D eigenvalue weighted by Gasteiger charge is -2.12. The molecule has 20 heavy (non-hydrogen) atoms. The topological polar surface area (TPSA) is 38.8 Å². The third-order valence-corrected chi connectivity index (χ3v) is 3.65. The third kappa shape index (κ3) is 8.41. The number of likely N-dealkylation sites (tertiary alicyclic amines) is 1. The fraction of sp³-hybridized carbons (Fsp3) is 0.875. The van der Waals surface area contributed by atoms with Crippen molar-refractivity contribution in [3.63, 3.8) is 0 Å². The van der Waals surface area contributed by atoms with Gasteiger partial charge in [-0.05, 0) is 13.5 Å². The monoisotopic (exact) mass is 284 g/mol. The Labute approximate surface area is 123 Å². The normalized spacial score (nSPS) is 19.2. The molecule has 0 N–H and O–H groups in total. The van der Waals surface area contributed by atoms with E-state index >= 15 is 0 Å². The minimum atomic E-state index is -0.512. The molecule has 0 aliphatic carbocycles. The van der Waals surface area contributed by atoms with Gasteiger partial charge in [-0.2, -0.15) is 0 Å². The summed E-state index contributed by atoms with van der Waals surface area (Å²) < 4.78 is 10.3. The van der Waals surface area contributed by atoms with Crippen molar-refractivity contribution in [1.82, 2.24) is 4.90 Å². The summed E-state index contributed by atoms with van der Waals surface area (Å²) in [6.07, 6.45) is 10.2. The minimum Gasteiger partial charge on any atom is -0.434 e. The number of rotatable bonds is 10. The van der Waals surface area contributed by atoms with Gasteiger partial charge in [0.25, 0.3) is 0 Å². The van der Waals surface area contributed by atoms with Gasteiger partial charge in [0.1, 0.15) is 6.10 Å². The first-order valence-electron chi connectivity index (χ1n) is 8.09. The van der Waals surface area contributed by atoms with E-state index in [1.807, 2.05) is 18.5 Å². The number of hydrogen-bond acceptors (Lipinski definition) is 4. The zero-order chi connectivity index (χ0) is 14.6. The summed E-state index contributed by atoms with van der Waals surface area (Å²) >= 11 is 0. The van der Waals surface area contributed by atoms with Crippen molar-refractivity contribution < 1.29 is 14.3 Å². The SMILES string of the molecule is CCCCCCCCCCOC(=O)OC1C[CH]N(C)C1. The van der Waals surface area contributed by atoms with E-state index in [2.05, 4.69) is 6.92 Å². The van der Waals surface area contributed by atoms with Crippen LogP contribution in [0.5, 0.6) is 0 Å². The molecule has 1 saturated heterocycles. The second-order valence-corrected chi connectivity index (χ2v) is 5.67. The Bertz CT molecular complexity index is 258. The Morgan fingerprint density at radius 2 is 1.80 bits per heavy atom. The number of carbonyl (C=O) groups is 1. The van der Waals surface area contributed by atoms with Gasteiger partial charge < -0.3 is 9.47 Å². The van der Waals surface area contributed by atoms with Crippen LogP contribution >= 0.6 is 0 Å². The highest BCUT2D eigenvalue weighted by Crippen LogP contribution is 2.15. The van der Waals surface area contributed by atoms with Crippen molar-refractivity contribution in [2.24, 2.45) is 0 Å². The molecule has 1 fully saturated rings. The molecule has 117 valence electrons. The summed E-state index contributed by atoms with van der Waals surface area (Å²) in [4.78, 5) is 13.5. The average molecular weight is 284 g/mol. The first-order chi connectivity index (χ1) is 9.72. The summed E-state index contributed by atoms with van der Waals surface area (Å²) in [5, 5.41) is 0. The second-order valence-electron chi connectivity index (χ2n) is 5.67. The number of likely N-dealkylation sites (N-methyl/N-ethyl adjacent to an activating group) is 1. The molecule has 4 nitrogen and oxygen atoms in total. The van der Waals surface area contributed by atoms with Crippen molar-refractivity contribution in [3.05, 3.63) is 6.54 Å². The first-order valence-corrected chi connectivity index (χ1v) is 8.09. The van der Waals surface area contributed by atoms with E-state index in [1.54, 1.807) is 0 Å². The van der Waals surface area contributed by atoms with Crippen LogP contribution < -0.4 is 0 Å². The van der Waals surface area contributed by atoms with Crippen molar-refractivity contribution in [3.8, 4) is 0 Å². The molecule has 0 aromatic heterocycles. The fourth-order valence-corrected chi connectivity index (χ4v) is 2.41. The number of unbranched alkanes of at least 4 members (excludes halogenated alkanes) is 7. The van der Waals surface area contributed by atoms with E-state index in [1.165, 1.54) is 38.5 Å². The van der Waals surface area contributed by atoms with Gasteiger partial charge in [0.05, 0.1) is 6.61 Å². The quantitative estimate of drug-likeness (QED) is 0.446. The van der Waals surface area contributed by atoms with Gasteiger partial charge in [-0.25, -0.2) is 4.79 Å². The Balaban J connectivity index is 1.84. The van der Waals surface area contributed by atoms with Gasteiger partial charge in [0.2, 0.25) is 0 Å². The highest BCUT2D eigenvalue weighted by Gasteiger charge is 2.23. The van der Waals surface area contributed by atoms with Gasteiger partial charge in [-0.1, -0.05) is 51.9 Å². The smallest absolute Gasteiger partial charge is 0.434 e. The van der Waals surface area contributed by atoms with Crippen LogP contribution in [0, 0.1) is 6.54 Å². The van der Waals surface area contributed by atoms with E-state index in [0.29, 0.717) is 6.61 Å². The van der Waals surface area contributed by atoms with Crippen molar-refractivity contribution in [1.29, 1.82) is 0 Å². The average Bonchev–Trinajstić information content (AvgIpc) is 2.82. The zero-order valence-corrected chi connectivity index (χ0v) is 13.1. The molecular weight excluding hydrogens is 254 g/mol. The molecule has 4 heteroatoms. The molecule has 0 aromatic rings. The van der Waals surface area contributed by atoms with Crippen molar-refractivity contribution >= 4 is 6.16 Å². The van der Waals surface area contributed by atoms with Crippen LogP contribution in [0.15, 0.2) is 0 Å². The Kier molecular flexibility index (Phi) is 9.46. The maximum absolute atomic E-state index is 11.4. The lowest BCUT2D eigenvalue weighted by atomic mass is 10.1. The van der Waals surface area contributed by atoms with E-state index in [-0.39, 0.29) is 6.10 Å². The number of carbonyl (C=O) groups excluding carboxylic acids is 1. The maximum atomic E-state index is 11.4. The predicted octanol–water partition coefficient (Wildman–Crippen LogP) is 4.15. The minimum absolute atomic E-state index is 0.0361. The van der Waals surface area contributed by atoms with Gasteiger partial charge in [0, 0.05) is 19.5 Å². The van der Waals surface area contributed by atoms with Crippen LogP contribution in [0.1, 0.15) is 64.7 Å². The van der Waals surface area contributed by atoms with Crippen LogP contribution in [-0.4, -0.2) is 37.4 Å². The molecule has 1 heterocycles. The van der Waals surface area contributed by atoms with Gasteiger partial charge >= 0.3 is 6.16 Å². The Morgan fingerprint density at radius 3 is 2.40 bits per heavy atom. The highest BCUT2D eigenvalue weighted by atomic mass is 16.7. The molecular formula is C16H30NO3. The summed E-state index contributed by atoms with van der Waals surface area (Å²) in [6, 6.07) is 0. The second kappa shape index (κ2) is 11.0. The van der Waals surface area contributed by atoms with E-state index in [4.69, 9.17) is 9.47 Å². The standard InChI is InChI=1S/C16H30NO3/c1-3-4-5-6-7-8-9-10-13-19-16(18)20-15-11-12-17(2)14-15/h12,15H,3-11,13-14H2,1-2H3. The van der Waals surface area contributed by atoms with Crippen molar-refractivity contribution in [2.75, 3.05) is 20.2 Å². The molecule has 0 saturated carbocycles. The van der Waals surface area contributed by atoms with Crippen LogP contribution in [0.3, 0.4) is 0 Å². The summed E-state index contributed by atoms with van der Waals surface area (Å²) in [6.45, 7) is 5.53. The maximum Gasteiger partial charge on any atom is 0.508 e. The molecule has 0 spiro atoms. The fourth-order valence-electron chi connectivity index (χ4n) is 2.41. The lowest BCUT2D eigenvalue weighted by molar-refractivity contribution is 0.0263.